The van der Waals surface area contributed by atoms with E-state index in [-0.39, 0.29) is 0 Å². The summed E-state index contributed by atoms with van der Waals surface area (Å²) in [7, 11) is 0. The van der Waals surface area contributed by atoms with Crippen molar-refractivity contribution in [1.82, 2.24) is 0 Å². The van der Waals surface area contributed by atoms with Crippen molar-refractivity contribution in [3.8, 4) is 0 Å². The van der Waals surface area contributed by atoms with Crippen molar-refractivity contribution in [2.45, 2.75) is 59.8 Å². The normalized spacial score (nSPS) is 12.2. The Morgan fingerprint density at radius 2 is 1.93 bits per heavy atom. The molecule has 14 heavy (non-hydrogen) atoms. The van der Waals surface area contributed by atoms with Crippen LogP contribution < -0.4 is 0 Å². The van der Waals surface area contributed by atoms with Crippen LogP contribution in [-0.2, 0) is 0 Å². The maximum Gasteiger partial charge on any atom is -0.0285 e. The second-order valence-electron chi connectivity index (χ2n) is 4.70. The van der Waals surface area contributed by atoms with Gasteiger partial charge in [0.05, 0.1) is 0 Å². The van der Waals surface area contributed by atoms with E-state index in [9.17, 15) is 0 Å². The van der Waals surface area contributed by atoms with Crippen LogP contribution in [0.5, 0.6) is 0 Å². The van der Waals surface area contributed by atoms with Crippen molar-refractivity contribution >= 4 is 0 Å². The van der Waals surface area contributed by atoms with Crippen molar-refractivity contribution in [1.29, 1.82) is 0 Å². The summed E-state index contributed by atoms with van der Waals surface area (Å²) < 4.78 is 0. The highest BCUT2D eigenvalue weighted by molar-refractivity contribution is 5.19. The van der Waals surface area contributed by atoms with Crippen LogP contribution in [0.3, 0.4) is 0 Å². The highest BCUT2D eigenvalue weighted by atomic mass is 14.0. The van der Waals surface area contributed by atoms with Gasteiger partial charge in [-0.2, -0.15) is 0 Å². The molecule has 0 aliphatic rings. The summed E-state index contributed by atoms with van der Waals surface area (Å²) >= 11 is 0. The van der Waals surface area contributed by atoms with Gasteiger partial charge in [0.2, 0.25) is 0 Å². The van der Waals surface area contributed by atoms with Gasteiger partial charge >= 0.3 is 0 Å². The van der Waals surface area contributed by atoms with Gasteiger partial charge in [-0.05, 0) is 32.1 Å². The average Bonchev–Trinajstić information content (AvgIpc) is 2.02. The van der Waals surface area contributed by atoms with Gasteiger partial charge in [-0.15, -0.1) is 0 Å². The van der Waals surface area contributed by atoms with E-state index in [4.69, 9.17) is 0 Å². The number of rotatable bonds is 7. The molecule has 0 saturated carbocycles. The standard InChI is InChI=1S/C14H26/c1-6-7-8-9-13(4)11-14(5)10-12(2)3/h11-12H,4,6-10H2,1-3,5H3/b14-11-. The number of unbranched alkanes of at least 4 members (excludes halogenated alkanes) is 2. The average molecular weight is 194 g/mol. The van der Waals surface area contributed by atoms with Gasteiger partial charge in [0.15, 0.2) is 0 Å². The minimum Gasteiger partial charge on any atom is -0.0958 e. The topological polar surface area (TPSA) is 0 Å². The molecule has 0 bridgehead atoms. The van der Waals surface area contributed by atoms with Gasteiger partial charge < -0.3 is 0 Å². The fraction of sp³-hybridized carbons (Fsp3) is 0.714. The highest BCUT2D eigenvalue weighted by Gasteiger charge is 1.97. The Labute approximate surface area is 90.1 Å². The maximum atomic E-state index is 4.10. The summed E-state index contributed by atoms with van der Waals surface area (Å²) in [6.07, 6.45) is 8.56. The molecule has 0 nitrogen and oxygen atoms in total. The van der Waals surface area contributed by atoms with Gasteiger partial charge in [-0.25, -0.2) is 0 Å². The lowest BCUT2D eigenvalue weighted by atomic mass is 10.0. The molecule has 0 aromatic carbocycles. The predicted molar refractivity (Wildman–Crippen MR) is 66.5 cm³/mol. The predicted octanol–water partition coefficient (Wildman–Crippen LogP) is 5.12. The first-order valence-electron chi connectivity index (χ1n) is 5.91. The third kappa shape index (κ3) is 8.10. The van der Waals surface area contributed by atoms with E-state index in [0.29, 0.717) is 0 Å². The molecule has 0 fully saturated rings. The summed E-state index contributed by atoms with van der Waals surface area (Å²) in [5.41, 5.74) is 2.78. The Morgan fingerprint density at radius 3 is 2.43 bits per heavy atom. The molecule has 0 amide bonds. The maximum absolute atomic E-state index is 4.10. The minimum atomic E-state index is 0.759. The molecule has 0 aliphatic heterocycles. The molecule has 0 heteroatoms. The Balaban J connectivity index is 3.78. The van der Waals surface area contributed by atoms with Gasteiger partial charge in [0.25, 0.3) is 0 Å². The van der Waals surface area contributed by atoms with Gasteiger partial charge in [0, 0.05) is 0 Å². The molecule has 0 aliphatic carbocycles. The molecule has 0 N–H and O–H groups in total. The summed E-state index contributed by atoms with van der Waals surface area (Å²) in [4.78, 5) is 0. The second kappa shape index (κ2) is 7.84. The fourth-order valence-corrected chi connectivity index (χ4v) is 1.73. The Kier molecular flexibility index (Phi) is 7.55. The Bertz CT molecular complexity index is 184. The van der Waals surface area contributed by atoms with Crippen LogP contribution in [-0.4, -0.2) is 0 Å². The first kappa shape index (κ1) is 13.5. The molecule has 0 unspecified atom stereocenters. The van der Waals surface area contributed by atoms with E-state index >= 15 is 0 Å². The summed E-state index contributed by atoms with van der Waals surface area (Å²) in [5, 5.41) is 0. The quantitative estimate of drug-likeness (QED) is 0.390. The highest BCUT2D eigenvalue weighted by Crippen LogP contribution is 2.15. The van der Waals surface area contributed by atoms with Crippen molar-refractivity contribution in [2.24, 2.45) is 5.92 Å². The Hall–Kier alpha value is -0.520. The van der Waals surface area contributed by atoms with E-state index in [1.54, 1.807) is 0 Å². The summed E-state index contributed by atoms with van der Waals surface area (Å²) in [6, 6.07) is 0. The monoisotopic (exact) mass is 194 g/mol. The molecule has 0 aromatic heterocycles. The van der Waals surface area contributed by atoms with E-state index in [0.717, 1.165) is 5.92 Å². The summed E-state index contributed by atoms with van der Waals surface area (Å²) in [6.45, 7) is 13.1. The molecule has 0 spiro atoms. The third-order valence-electron chi connectivity index (χ3n) is 2.28. The van der Waals surface area contributed by atoms with Crippen LogP contribution in [0.4, 0.5) is 0 Å². The zero-order chi connectivity index (χ0) is 11.0. The van der Waals surface area contributed by atoms with Crippen molar-refractivity contribution < 1.29 is 0 Å². The van der Waals surface area contributed by atoms with Crippen molar-refractivity contribution in [3.05, 3.63) is 23.8 Å². The van der Waals surface area contributed by atoms with Crippen molar-refractivity contribution in [2.75, 3.05) is 0 Å². The fourth-order valence-electron chi connectivity index (χ4n) is 1.73. The molecule has 0 saturated heterocycles. The molecule has 0 aromatic rings. The van der Waals surface area contributed by atoms with Gasteiger partial charge in [-0.1, -0.05) is 57.4 Å². The minimum absolute atomic E-state index is 0.759. The van der Waals surface area contributed by atoms with Crippen molar-refractivity contribution in [3.63, 3.8) is 0 Å². The van der Waals surface area contributed by atoms with E-state index < -0.39 is 0 Å². The zero-order valence-electron chi connectivity index (χ0n) is 10.4. The van der Waals surface area contributed by atoms with Crippen LogP contribution in [0.25, 0.3) is 0 Å². The first-order chi connectivity index (χ1) is 6.56. The SMILES string of the molecule is C=C(/C=C(/C)CC(C)C)CCCCC. The van der Waals surface area contributed by atoms with Crippen LogP contribution in [0.1, 0.15) is 59.8 Å². The first-order valence-corrected chi connectivity index (χ1v) is 5.91. The molecule has 0 atom stereocenters. The Morgan fingerprint density at radius 1 is 1.29 bits per heavy atom. The number of hydrogen-bond donors (Lipinski definition) is 0. The molecular weight excluding hydrogens is 168 g/mol. The van der Waals surface area contributed by atoms with E-state index in [1.165, 1.54) is 43.3 Å². The van der Waals surface area contributed by atoms with Gasteiger partial charge in [-0.3, -0.25) is 0 Å². The van der Waals surface area contributed by atoms with Gasteiger partial charge in [0.1, 0.15) is 0 Å². The van der Waals surface area contributed by atoms with Crippen LogP contribution in [0.15, 0.2) is 23.8 Å². The number of allylic oxidation sites excluding steroid dienone is 3. The van der Waals surface area contributed by atoms with Crippen LogP contribution in [0, 0.1) is 5.92 Å². The zero-order valence-corrected chi connectivity index (χ0v) is 10.4. The summed E-state index contributed by atoms with van der Waals surface area (Å²) in [5.74, 6) is 0.759. The second-order valence-corrected chi connectivity index (χ2v) is 4.70. The largest absolute Gasteiger partial charge is 0.0958 e. The lowest BCUT2D eigenvalue weighted by molar-refractivity contribution is 0.641. The third-order valence-corrected chi connectivity index (χ3v) is 2.28. The van der Waals surface area contributed by atoms with Crippen LogP contribution in [0.2, 0.25) is 0 Å². The smallest absolute Gasteiger partial charge is 0.0285 e. The van der Waals surface area contributed by atoms with E-state index in [2.05, 4.69) is 40.3 Å². The van der Waals surface area contributed by atoms with Crippen LogP contribution >= 0.6 is 0 Å². The molecule has 82 valence electrons. The lowest BCUT2D eigenvalue weighted by Crippen LogP contribution is -1.89. The molecular formula is C14H26. The lowest BCUT2D eigenvalue weighted by Gasteiger charge is -2.06. The number of hydrogen-bond acceptors (Lipinski definition) is 0. The molecule has 0 rings (SSSR count). The van der Waals surface area contributed by atoms with E-state index in [1.807, 2.05) is 0 Å². The molecule has 0 heterocycles. The molecule has 0 radical (unpaired) electrons.